The van der Waals surface area contributed by atoms with E-state index in [1.807, 2.05) is 32.9 Å². The van der Waals surface area contributed by atoms with Crippen molar-refractivity contribution in [3.8, 4) is 5.69 Å². The van der Waals surface area contributed by atoms with Crippen molar-refractivity contribution in [2.24, 2.45) is 0 Å². The van der Waals surface area contributed by atoms with Crippen LogP contribution in [0.15, 0.2) is 48.7 Å². The summed E-state index contributed by atoms with van der Waals surface area (Å²) in [5.74, 6) is -0.700. The lowest BCUT2D eigenvalue weighted by molar-refractivity contribution is 0.0600. The molecule has 1 N–H and O–H groups in total. The Hall–Kier alpha value is -3.12. The number of ether oxygens (including phenoxy) is 1. The van der Waals surface area contributed by atoms with E-state index in [1.54, 1.807) is 41.2 Å². The third-order valence-electron chi connectivity index (χ3n) is 4.58. The average molecular weight is 412 g/mol. The Morgan fingerprint density at radius 1 is 1.14 bits per heavy atom. The number of esters is 1. The molecule has 0 saturated heterocycles. The molecule has 0 saturated carbocycles. The Kier molecular flexibility index (Phi) is 6.03. The maximum atomic E-state index is 13.0. The van der Waals surface area contributed by atoms with E-state index in [9.17, 15) is 9.59 Å². The first-order valence-electron chi connectivity index (χ1n) is 9.16. The Morgan fingerprint density at radius 2 is 1.83 bits per heavy atom. The van der Waals surface area contributed by atoms with Gasteiger partial charge >= 0.3 is 5.97 Å². The van der Waals surface area contributed by atoms with Gasteiger partial charge in [-0.2, -0.15) is 5.10 Å². The summed E-state index contributed by atoms with van der Waals surface area (Å²) in [4.78, 5) is 24.8. The standard InChI is InChI=1S/C22H22ClN3O3/c1-13(2)20-18(12-24-26(20)17-9-7-16(23)8-10-17)21(27)25-19-11-15(22(28)29-4)6-5-14(19)3/h5-13H,1-4H3,(H,25,27). The van der Waals surface area contributed by atoms with Crippen molar-refractivity contribution >= 4 is 29.2 Å². The molecule has 0 aliphatic rings. The molecule has 3 aromatic rings. The predicted octanol–water partition coefficient (Wildman–Crippen LogP) is 5.00. The zero-order chi connectivity index (χ0) is 21.1. The highest BCUT2D eigenvalue weighted by atomic mass is 35.5. The lowest BCUT2D eigenvalue weighted by Gasteiger charge is -2.14. The maximum Gasteiger partial charge on any atom is 0.337 e. The smallest absolute Gasteiger partial charge is 0.337 e. The summed E-state index contributed by atoms with van der Waals surface area (Å²) in [6.45, 7) is 5.86. The van der Waals surface area contributed by atoms with Crippen molar-refractivity contribution in [2.45, 2.75) is 26.7 Å². The molecule has 0 unspecified atom stereocenters. The summed E-state index contributed by atoms with van der Waals surface area (Å²) < 4.78 is 6.50. The molecule has 0 bridgehead atoms. The molecule has 0 fully saturated rings. The Morgan fingerprint density at radius 3 is 2.45 bits per heavy atom. The van der Waals surface area contributed by atoms with Gasteiger partial charge < -0.3 is 10.1 Å². The highest BCUT2D eigenvalue weighted by molar-refractivity contribution is 6.30. The Bertz CT molecular complexity index is 1060. The maximum absolute atomic E-state index is 13.0. The summed E-state index contributed by atoms with van der Waals surface area (Å²) in [5.41, 5.74) is 3.83. The monoisotopic (exact) mass is 411 g/mol. The summed E-state index contributed by atoms with van der Waals surface area (Å²) in [6.07, 6.45) is 1.55. The number of nitrogens with one attached hydrogen (secondary N) is 1. The number of hydrogen-bond acceptors (Lipinski definition) is 4. The van der Waals surface area contributed by atoms with Crippen molar-refractivity contribution in [1.82, 2.24) is 9.78 Å². The van der Waals surface area contributed by atoms with E-state index in [0.29, 0.717) is 21.8 Å². The minimum absolute atomic E-state index is 0.0522. The molecule has 150 valence electrons. The number of anilines is 1. The van der Waals surface area contributed by atoms with E-state index in [-0.39, 0.29) is 11.8 Å². The number of benzene rings is 2. The van der Waals surface area contributed by atoms with Gasteiger partial charge in [-0.05, 0) is 54.8 Å². The number of rotatable bonds is 5. The molecule has 7 heteroatoms. The molecular weight excluding hydrogens is 390 g/mol. The van der Waals surface area contributed by atoms with E-state index in [1.165, 1.54) is 7.11 Å². The van der Waals surface area contributed by atoms with Gasteiger partial charge in [-0.3, -0.25) is 4.79 Å². The molecule has 2 aromatic carbocycles. The Balaban J connectivity index is 1.96. The van der Waals surface area contributed by atoms with Gasteiger partial charge in [-0.1, -0.05) is 31.5 Å². The summed E-state index contributed by atoms with van der Waals surface area (Å²) in [5, 5.41) is 7.94. The minimum atomic E-state index is -0.459. The zero-order valence-electron chi connectivity index (χ0n) is 16.7. The number of amides is 1. The van der Waals surface area contributed by atoms with Gasteiger partial charge in [0.2, 0.25) is 0 Å². The van der Waals surface area contributed by atoms with Gasteiger partial charge in [0, 0.05) is 10.7 Å². The van der Waals surface area contributed by atoms with Gasteiger partial charge in [-0.15, -0.1) is 0 Å². The number of aryl methyl sites for hydroxylation is 1. The number of methoxy groups -OCH3 is 1. The summed E-state index contributed by atoms with van der Waals surface area (Å²) >= 11 is 5.98. The van der Waals surface area contributed by atoms with E-state index in [0.717, 1.165) is 16.9 Å². The second-order valence-electron chi connectivity index (χ2n) is 6.96. The zero-order valence-corrected chi connectivity index (χ0v) is 17.4. The minimum Gasteiger partial charge on any atom is -0.465 e. The third kappa shape index (κ3) is 4.32. The van der Waals surface area contributed by atoms with Crippen molar-refractivity contribution in [3.63, 3.8) is 0 Å². The largest absolute Gasteiger partial charge is 0.465 e. The van der Waals surface area contributed by atoms with E-state index < -0.39 is 5.97 Å². The van der Waals surface area contributed by atoms with E-state index in [2.05, 4.69) is 10.4 Å². The second kappa shape index (κ2) is 8.49. The molecule has 1 heterocycles. The number of nitrogens with zero attached hydrogens (tertiary/aromatic N) is 2. The third-order valence-corrected chi connectivity index (χ3v) is 4.83. The molecule has 0 aliphatic heterocycles. The van der Waals surface area contributed by atoms with Crippen LogP contribution in [0.3, 0.4) is 0 Å². The molecule has 0 atom stereocenters. The normalized spacial score (nSPS) is 10.8. The van der Waals surface area contributed by atoms with Crippen LogP contribution in [-0.2, 0) is 4.74 Å². The first-order chi connectivity index (χ1) is 13.8. The quantitative estimate of drug-likeness (QED) is 0.600. The van der Waals surface area contributed by atoms with Crippen LogP contribution in [0, 0.1) is 6.92 Å². The predicted molar refractivity (Wildman–Crippen MR) is 113 cm³/mol. The number of halogens is 1. The molecule has 0 spiro atoms. The topological polar surface area (TPSA) is 73.2 Å². The molecule has 1 aromatic heterocycles. The summed E-state index contributed by atoms with van der Waals surface area (Å²) in [6, 6.07) is 12.3. The van der Waals surface area contributed by atoms with Crippen LogP contribution in [0.1, 0.15) is 51.7 Å². The molecular formula is C22H22ClN3O3. The van der Waals surface area contributed by atoms with Gasteiger partial charge in [0.25, 0.3) is 5.91 Å². The van der Waals surface area contributed by atoms with Gasteiger partial charge in [-0.25, -0.2) is 9.48 Å². The molecule has 0 radical (unpaired) electrons. The number of carbonyl (C=O) groups excluding carboxylic acids is 2. The van der Waals surface area contributed by atoms with Crippen molar-refractivity contribution in [2.75, 3.05) is 12.4 Å². The van der Waals surface area contributed by atoms with Crippen molar-refractivity contribution < 1.29 is 14.3 Å². The fourth-order valence-corrected chi connectivity index (χ4v) is 3.19. The van der Waals surface area contributed by atoms with Gasteiger partial charge in [0.15, 0.2) is 0 Å². The van der Waals surface area contributed by atoms with Crippen LogP contribution in [0.5, 0.6) is 0 Å². The number of aromatic nitrogens is 2. The van der Waals surface area contributed by atoms with Crippen LogP contribution in [0.2, 0.25) is 5.02 Å². The number of hydrogen-bond donors (Lipinski definition) is 1. The SMILES string of the molecule is COC(=O)c1ccc(C)c(NC(=O)c2cnn(-c3ccc(Cl)cc3)c2C(C)C)c1. The molecule has 3 rings (SSSR count). The molecule has 1 amide bonds. The first kappa shape index (κ1) is 20.6. The molecule has 6 nitrogen and oxygen atoms in total. The average Bonchev–Trinajstić information content (AvgIpc) is 3.15. The van der Waals surface area contributed by atoms with Gasteiger partial charge in [0.1, 0.15) is 0 Å². The second-order valence-corrected chi connectivity index (χ2v) is 7.40. The van der Waals surface area contributed by atoms with Crippen LogP contribution in [0.4, 0.5) is 5.69 Å². The fraction of sp³-hybridized carbons (Fsp3) is 0.227. The van der Waals surface area contributed by atoms with Crippen LogP contribution in [0.25, 0.3) is 5.69 Å². The van der Waals surface area contributed by atoms with E-state index >= 15 is 0 Å². The fourth-order valence-electron chi connectivity index (χ4n) is 3.07. The molecule has 0 aliphatic carbocycles. The lowest BCUT2D eigenvalue weighted by Crippen LogP contribution is -2.16. The van der Waals surface area contributed by atoms with Crippen molar-refractivity contribution in [1.29, 1.82) is 0 Å². The number of carbonyl (C=O) groups is 2. The highest BCUT2D eigenvalue weighted by Crippen LogP contribution is 2.26. The van der Waals surface area contributed by atoms with Crippen LogP contribution in [-0.4, -0.2) is 28.8 Å². The first-order valence-corrected chi connectivity index (χ1v) is 9.53. The summed E-state index contributed by atoms with van der Waals surface area (Å²) in [7, 11) is 1.32. The van der Waals surface area contributed by atoms with Crippen LogP contribution < -0.4 is 5.32 Å². The van der Waals surface area contributed by atoms with Crippen LogP contribution >= 0.6 is 11.6 Å². The van der Waals surface area contributed by atoms with Crippen molar-refractivity contribution in [3.05, 3.63) is 76.1 Å². The lowest BCUT2D eigenvalue weighted by atomic mass is 10.0. The van der Waals surface area contributed by atoms with E-state index in [4.69, 9.17) is 16.3 Å². The highest BCUT2D eigenvalue weighted by Gasteiger charge is 2.22. The molecule has 29 heavy (non-hydrogen) atoms. The van der Waals surface area contributed by atoms with Gasteiger partial charge in [0.05, 0.1) is 35.8 Å². The Labute approximate surface area is 174 Å².